The van der Waals surface area contributed by atoms with Gasteiger partial charge < -0.3 is 0 Å². The molecule has 0 bridgehead atoms. The Kier molecular flexibility index (Phi) is 5.53. The average molecular weight is 378 g/mol. The Morgan fingerprint density at radius 1 is 1.04 bits per heavy atom. The van der Waals surface area contributed by atoms with E-state index in [4.69, 9.17) is 4.98 Å². The van der Waals surface area contributed by atoms with Gasteiger partial charge in [-0.25, -0.2) is 4.39 Å². The van der Waals surface area contributed by atoms with Crippen molar-refractivity contribution in [1.82, 2.24) is 19.7 Å². The van der Waals surface area contributed by atoms with Gasteiger partial charge in [0, 0.05) is 42.7 Å². The molecule has 0 radical (unpaired) electrons. The summed E-state index contributed by atoms with van der Waals surface area (Å²) in [6.07, 6.45) is 7.13. The van der Waals surface area contributed by atoms with Gasteiger partial charge in [0.1, 0.15) is 5.82 Å². The van der Waals surface area contributed by atoms with E-state index >= 15 is 0 Å². The summed E-state index contributed by atoms with van der Waals surface area (Å²) in [5.74, 6) is 0.324. The first-order valence-electron chi connectivity index (χ1n) is 9.97. The van der Waals surface area contributed by atoms with Crippen molar-refractivity contribution in [3.05, 3.63) is 82.7 Å². The van der Waals surface area contributed by atoms with Crippen LogP contribution in [0.2, 0.25) is 0 Å². The number of likely N-dealkylation sites (tertiary alicyclic amines) is 1. The summed E-state index contributed by atoms with van der Waals surface area (Å²) in [5, 5.41) is 4.26. The highest BCUT2D eigenvalue weighted by Gasteiger charge is 2.22. The van der Waals surface area contributed by atoms with Crippen LogP contribution >= 0.6 is 0 Å². The van der Waals surface area contributed by atoms with Crippen molar-refractivity contribution in [2.75, 3.05) is 13.1 Å². The molecule has 0 unspecified atom stereocenters. The molecule has 0 aliphatic carbocycles. The van der Waals surface area contributed by atoms with Crippen molar-refractivity contribution >= 4 is 0 Å². The van der Waals surface area contributed by atoms with Crippen molar-refractivity contribution in [3.8, 4) is 0 Å². The summed E-state index contributed by atoms with van der Waals surface area (Å²) in [6, 6.07) is 11.2. The number of aromatic nitrogens is 3. The van der Waals surface area contributed by atoms with E-state index in [1.807, 2.05) is 30.1 Å². The Hall–Kier alpha value is -2.53. The molecule has 0 saturated carbocycles. The standard InChI is InChI=1S/C23H27FN4/c1-17-11-19(12-18-3-5-22(24)6-4-18)13-23(26-17)21-7-9-28(10-8-21)16-20-14-25-27(2)15-20/h3-6,11,13-15,21H,7-10,12,16H2,1-2H3. The van der Waals surface area contributed by atoms with Crippen LogP contribution in [-0.2, 0) is 20.0 Å². The molecule has 0 N–H and O–H groups in total. The van der Waals surface area contributed by atoms with E-state index in [0.29, 0.717) is 5.92 Å². The second-order valence-corrected chi connectivity index (χ2v) is 7.92. The molecule has 1 aliphatic heterocycles. The van der Waals surface area contributed by atoms with Crippen LogP contribution in [0.3, 0.4) is 0 Å². The maximum atomic E-state index is 13.1. The smallest absolute Gasteiger partial charge is 0.123 e. The maximum absolute atomic E-state index is 13.1. The topological polar surface area (TPSA) is 34.0 Å². The summed E-state index contributed by atoms with van der Waals surface area (Å²) in [5.41, 5.74) is 5.93. The number of hydrogen-bond acceptors (Lipinski definition) is 3. The Bertz CT molecular complexity index is 924. The summed E-state index contributed by atoms with van der Waals surface area (Å²) in [4.78, 5) is 7.34. The third-order valence-electron chi connectivity index (χ3n) is 5.52. The predicted octanol–water partition coefficient (Wildman–Crippen LogP) is 4.23. The van der Waals surface area contributed by atoms with Crippen LogP contribution in [0.25, 0.3) is 0 Å². The molecule has 1 fully saturated rings. The van der Waals surface area contributed by atoms with E-state index in [0.717, 1.165) is 50.2 Å². The van der Waals surface area contributed by atoms with Crippen LogP contribution in [0.4, 0.5) is 4.39 Å². The minimum Gasteiger partial charge on any atom is -0.299 e. The highest BCUT2D eigenvalue weighted by atomic mass is 19.1. The normalized spacial score (nSPS) is 15.8. The third kappa shape index (κ3) is 4.65. The fourth-order valence-corrected chi connectivity index (χ4v) is 4.12. The lowest BCUT2D eigenvalue weighted by Crippen LogP contribution is -2.32. The number of pyridine rings is 1. The van der Waals surface area contributed by atoms with E-state index in [-0.39, 0.29) is 5.82 Å². The summed E-state index contributed by atoms with van der Waals surface area (Å²) >= 11 is 0. The van der Waals surface area contributed by atoms with E-state index < -0.39 is 0 Å². The molecule has 3 heterocycles. The van der Waals surface area contributed by atoms with Crippen LogP contribution in [0.15, 0.2) is 48.8 Å². The zero-order chi connectivity index (χ0) is 19.5. The number of halogens is 1. The van der Waals surface area contributed by atoms with Crippen molar-refractivity contribution in [2.24, 2.45) is 7.05 Å². The zero-order valence-corrected chi connectivity index (χ0v) is 16.6. The summed E-state index contributed by atoms with van der Waals surface area (Å²) in [7, 11) is 1.96. The zero-order valence-electron chi connectivity index (χ0n) is 16.6. The number of aryl methyl sites for hydroxylation is 2. The van der Waals surface area contributed by atoms with Gasteiger partial charge >= 0.3 is 0 Å². The first-order chi connectivity index (χ1) is 13.5. The summed E-state index contributed by atoms with van der Waals surface area (Å²) < 4.78 is 15.0. The molecule has 0 amide bonds. The average Bonchev–Trinajstić information content (AvgIpc) is 3.08. The Morgan fingerprint density at radius 3 is 2.46 bits per heavy atom. The predicted molar refractivity (Wildman–Crippen MR) is 109 cm³/mol. The summed E-state index contributed by atoms with van der Waals surface area (Å²) in [6.45, 7) is 5.21. The third-order valence-corrected chi connectivity index (χ3v) is 5.52. The van der Waals surface area contributed by atoms with Crippen LogP contribution < -0.4 is 0 Å². The molecule has 1 saturated heterocycles. The second kappa shape index (κ2) is 8.23. The van der Waals surface area contributed by atoms with E-state index in [1.165, 1.54) is 29.0 Å². The Morgan fingerprint density at radius 2 is 1.79 bits per heavy atom. The number of rotatable bonds is 5. The van der Waals surface area contributed by atoms with Crippen LogP contribution in [0, 0.1) is 12.7 Å². The minimum absolute atomic E-state index is 0.187. The molecular formula is C23H27FN4. The molecule has 0 spiro atoms. The van der Waals surface area contributed by atoms with Gasteiger partial charge in [0.05, 0.1) is 6.20 Å². The molecule has 5 heteroatoms. The second-order valence-electron chi connectivity index (χ2n) is 7.92. The van der Waals surface area contributed by atoms with Crippen molar-refractivity contribution in [1.29, 1.82) is 0 Å². The van der Waals surface area contributed by atoms with Crippen molar-refractivity contribution in [3.63, 3.8) is 0 Å². The first kappa shape index (κ1) is 18.8. The molecule has 28 heavy (non-hydrogen) atoms. The van der Waals surface area contributed by atoms with Gasteiger partial charge in [-0.3, -0.25) is 14.6 Å². The fourth-order valence-electron chi connectivity index (χ4n) is 4.12. The maximum Gasteiger partial charge on any atom is 0.123 e. The minimum atomic E-state index is -0.187. The van der Waals surface area contributed by atoms with Gasteiger partial charge in [0.15, 0.2) is 0 Å². The highest BCUT2D eigenvalue weighted by molar-refractivity contribution is 5.30. The van der Waals surface area contributed by atoms with Gasteiger partial charge in [-0.1, -0.05) is 12.1 Å². The monoisotopic (exact) mass is 378 g/mol. The lowest BCUT2D eigenvalue weighted by atomic mass is 9.91. The molecule has 2 aromatic heterocycles. The number of piperidine rings is 1. The Labute approximate surface area is 166 Å². The van der Waals surface area contributed by atoms with Crippen LogP contribution in [0.5, 0.6) is 0 Å². The fraction of sp³-hybridized carbons (Fsp3) is 0.391. The molecular weight excluding hydrogens is 351 g/mol. The van der Waals surface area contributed by atoms with Gasteiger partial charge in [-0.2, -0.15) is 5.10 Å². The lowest BCUT2D eigenvalue weighted by molar-refractivity contribution is 0.203. The molecule has 1 aliphatic rings. The van der Waals surface area contributed by atoms with Gasteiger partial charge in [0.2, 0.25) is 0 Å². The highest BCUT2D eigenvalue weighted by Crippen LogP contribution is 2.29. The van der Waals surface area contributed by atoms with Gasteiger partial charge in [0.25, 0.3) is 0 Å². The van der Waals surface area contributed by atoms with E-state index in [2.05, 4.69) is 35.3 Å². The van der Waals surface area contributed by atoms with Crippen LogP contribution in [-0.4, -0.2) is 32.8 Å². The first-order valence-corrected chi connectivity index (χ1v) is 9.97. The lowest BCUT2D eigenvalue weighted by Gasteiger charge is -2.31. The molecule has 146 valence electrons. The largest absolute Gasteiger partial charge is 0.299 e. The molecule has 0 atom stereocenters. The Balaban J connectivity index is 1.40. The molecule has 4 nitrogen and oxygen atoms in total. The van der Waals surface area contributed by atoms with Gasteiger partial charge in [-0.15, -0.1) is 0 Å². The number of benzene rings is 1. The van der Waals surface area contributed by atoms with Gasteiger partial charge in [-0.05, 0) is 74.7 Å². The number of hydrogen-bond donors (Lipinski definition) is 0. The van der Waals surface area contributed by atoms with E-state index in [1.54, 1.807) is 0 Å². The molecule has 3 aromatic rings. The SMILES string of the molecule is Cc1cc(Cc2ccc(F)cc2)cc(C2CCN(Cc3cnn(C)c3)CC2)n1. The van der Waals surface area contributed by atoms with Crippen LogP contribution in [0.1, 0.15) is 46.8 Å². The molecule has 4 rings (SSSR count). The number of nitrogens with zero attached hydrogens (tertiary/aromatic N) is 4. The molecule has 1 aromatic carbocycles. The van der Waals surface area contributed by atoms with Crippen molar-refractivity contribution in [2.45, 2.75) is 38.6 Å². The quantitative estimate of drug-likeness (QED) is 0.666. The van der Waals surface area contributed by atoms with Crippen molar-refractivity contribution < 1.29 is 4.39 Å². The van der Waals surface area contributed by atoms with E-state index in [9.17, 15) is 4.39 Å².